The summed E-state index contributed by atoms with van der Waals surface area (Å²) in [5, 5.41) is 8.75. The van der Waals surface area contributed by atoms with Gasteiger partial charge in [-0.3, -0.25) is 4.72 Å². The normalized spacial score (nSPS) is 15.9. The number of nitrogens with zero attached hydrogens (tertiary/aromatic N) is 3. The van der Waals surface area contributed by atoms with E-state index in [1.807, 2.05) is 18.2 Å². The van der Waals surface area contributed by atoms with Crippen molar-refractivity contribution in [3.63, 3.8) is 0 Å². The van der Waals surface area contributed by atoms with E-state index in [1.54, 1.807) is 24.3 Å². The number of hydrogen-bond acceptors (Lipinski definition) is 7. The number of nitrogens with one attached hydrogen (secondary N) is 1. The molecule has 8 nitrogen and oxygen atoms in total. The summed E-state index contributed by atoms with van der Waals surface area (Å²) in [5.41, 5.74) is 1.91. The van der Waals surface area contributed by atoms with Crippen LogP contribution in [0.1, 0.15) is 19.3 Å². The average Bonchev–Trinajstić information content (AvgIpc) is 2.84. The third-order valence-electron chi connectivity index (χ3n) is 5.57. The fourth-order valence-corrected chi connectivity index (χ4v) is 4.98. The van der Waals surface area contributed by atoms with E-state index in [0.29, 0.717) is 36.1 Å². The highest BCUT2D eigenvalue weighted by molar-refractivity contribution is 7.92. The summed E-state index contributed by atoms with van der Waals surface area (Å²) in [5.74, 6) is 1.85. The molecule has 0 bridgehead atoms. The molecule has 32 heavy (non-hydrogen) atoms. The number of fused-ring (bicyclic) bond motifs is 1. The van der Waals surface area contributed by atoms with E-state index in [0.717, 1.165) is 24.5 Å². The van der Waals surface area contributed by atoms with E-state index in [9.17, 15) is 8.42 Å². The summed E-state index contributed by atoms with van der Waals surface area (Å²) < 4.78 is 39.4. The lowest BCUT2D eigenvalue weighted by atomic mass is 10.1. The van der Waals surface area contributed by atoms with Gasteiger partial charge in [0.05, 0.1) is 10.6 Å². The highest BCUT2D eigenvalue weighted by Gasteiger charge is 2.20. The lowest BCUT2D eigenvalue weighted by Crippen LogP contribution is -2.30. The minimum Gasteiger partial charge on any atom is -0.486 e. The Balaban J connectivity index is 1.35. The predicted molar refractivity (Wildman–Crippen MR) is 122 cm³/mol. The second kappa shape index (κ2) is 8.66. The molecular formula is C23H24N4O4S. The van der Waals surface area contributed by atoms with Gasteiger partial charge in [0.15, 0.2) is 17.3 Å². The van der Waals surface area contributed by atoms with Crippen LogP contribution in [-0.2, 0) is 10.0 Å². The average molecular weight is 453 g/mol. The van der Waals surface area contributed by atoms with E-state index in [2.05, 4.69) is 19.8 Å². The van der Waals surface area contributed by atoms with Gasteiger partial charge in [-0.15, -0.1) is 10.2 Å². The molecule has 1 N–H and O–H groups in total. The summed E-state index contributed by atoms with van der Waals surface area (Å²) in [6, 6.07) is 15.6. The number of sulfonamides is 1. The zero-order valence-corrected chi connectivity index (χ0v) is 18.3. The quantitative estimate of drug-likeness (QED) is 0.631. The number of rotatable bonds is 5. The number of anilines is 2. The highest BCUT2D eigenvalue weighted by atomic mass is 32.2. The minimum absolute atomic E-state index is 0.109. The highest BCUT2D eigenvalue weighted by Crippen LogP contribution is 2.33. The summed E-state index contributed by atoms with van der Waals surface area (Å²) >= 11 is 0. The van der Waals surface area contributed by atoms with Crippen molar-refractivity contribution in [3.8, 4) is 22.8 Å². The monoisotopic (exact) mass is 452 g/mol. The lowest BCUT2D eigenvalue weighted by Gasteiger charge is -2.27. The number of piperidine rings is 1. The van der Waals surface area contributed by atoms with Crippen molar-refractivity contribution in [1.82, 2.24) is 10.2 Å². The van der Waals surface area contributed by atoms with Gasteiger partial charge in [-0.25, -0.2) is 8.42 Å². The zero-order chi connectivity index (χ0) is 22.0. The van der Waals surface area contributed by atoms with Crippen LogP contribution in [0, 0.1) is 0 Å². The maximum atomic E-state index is 12.9. The third kappa shape index (κ3) is 4.34. The molecule has 0 saturated carbocycles. The van der Waals surface area contributed by atoms with Crippen LogP contribution in [0.3, 0.4) is 0 Å². The molecule has 5 rings (SSSR count). The van der Waals surface area contributed by atoms with Crippen molar-refractivity contribution < 1.29 is 17.9 Å². The van der Waals surface area contributed by atoms with Crippen molar-refractivity contribution in [2.45, 2.75) is 24.2 Å². The topological polar surface area (TPSA) is 93.7 Å². The second-order valence-corrected chi connectivity index (χ2v) is 9.50. The zero-order valence-electron chi connectivity index (χ0n) is 17.5. The minimum atomic E-state index is -3.80. The molecule has 1 aromatic heterocycles. The van der Waals surface area contributed by atoms with Crippen molar-refractivity contribution in [1.29, 1.82) is 0 Å². The number of benzene rings is 2. The Bertz CT molecular complexity index is 1210. The molecule has 0 aliphatic carbocycles. The van der Waals surface area contributed by atoms with E-state index in [4.69, 9.17) is 9.47 Å². The van der Waals surface area contributed by atoms with Gasteiger partial charge >= 0.3 is 0 Å². The fraction of sp³-hybridized carbons (Fsp3) is 0.304. The van der Waals surface area contributed by atoms with Crippen LogP contribution >= 0.6 is 0 Å². The third-order valence-corrected chi connectivity index (χ3v) is 6.94. The Labute approximate surface area is 187 Å². The molecule has 1 fully saturated rings. The van der Waals surface area contributed by atoms with E-state index < -0.39 is 10.0 Å². The smallest absolute Gasteiger partial charge is 0.262 e. The van der Waals surface area contributed by atoms with Gasteiger partial charge in [0, 0.05) is 30.4 Å². The molecular weight excluding hydrogens is 428 g/mol. The van der Waals surface area contributed by atoms with Crippen LogP contribution in [0.25, 0.3) is 11.3 Å². The number of ether oxygens (including phenoxy) is 2. The summed E-state index contributed by atoms with van der Waals surface area (Å²) in [7, 11) is -3.80. The van der Waals surface area contributed by atoms with Crippen molar-refractivity contribution in [3.05, 3.63) is 54.6 Å². The Morgan fingerprint density at radius 2 is 1.66 bits per heavy atom. The molecule has 3 aromatic rings. The van der Waals surface area contributed by atoms with Crippen LogP contribution in [0.2, 0.25) is 0 Å². The Morgan fingerprint density at radius 1 is 0.844 bits per heavy atom. The molecule has 0 spiro atoms. The molecule has 0 unspecified atom stereocenters. The number of hydrogen-bond donors (Lipinski definition) is 1. The van der Waals surface area contributed by atoms with Crippen molar-refractivity contribution >= 4 is 21.5 Å². The maximum absolute atomic E-state index is 12.9. The molecule has 9 heteroatoms. The first-order valence-electron chi connectivity index (χ1n) is 10.7. The molecule has 3 heterocycles. The van der Waals surface area contributed by atoms with E-state index in [1.165, 1.54) is 31.4 Å². The Kier molecular flexibility index (Phi) is 5.57. The first kappa shape index (κ1) is 20.6. The van der Waals surface area contributed by atoms with Crippen molar-refractivity contribution in [2.24, 2.45) is 0 Å². The summed E-state index contributed by atoms with van der Waals surface area (Å²) in [4.78, 5) is 2.36. The molecule has 166 valence electrons. The van der Waals surface area contributed by atoms with E-state index in [-0.39, 0.29) is 4.90 Å². The first-order chi connectivity index (χ1) is 15.6. The largest absolute Gasteiger partial charge is 0.486 e. The summed E-state index contributed by atoms with van der Waals surface area (Å²) in [6.45, 7) is 2.85. The summed E-state index contributed by atoms with van der Waals surface area (Å²) in [6.07, 6.45) is 3.61. The molecule has 1 saturated heterocycles. The Hall–Kier alpha value is -3.33. The van der Waals surface area contributed by atoms with Crippen LogP contribution < -0.4 is 19.1 Å². The second-order valence-electron chi connectivity index (χ2n) is 7.82. The van der Waals surface area contributed by atoms with Crippen LogP contribution in [0.15, 0.2) is 59.5 Å². The molecule has 0 amide bonds. The van der Waals surface area contributed by atoms with Gasteiger partial charge in [0.25, 0.3) is 10.0 Å². The van der Waals surface area contributed by atoms with Gasteiger partial charge in [0.1, 0.15) is 13.2 Å². The molecule has 2 aliphatic heterocycles. The van der Waals surface area contributed by atoms with Crippen LogP contribution in [0.4, 0.5) is 11.5 Å². The van der Waals surface area contributed by atoms with Gasteiger partial charge in [0.2, 0.25) is 0 Å². The Morgan fingerprint density at radius 3 is 2.44 bits per heavy atom. The SMILES string of the molecule is O=S(=O)(Nc1cccc(-c2ccc(N3CCCCC3)nn2)c1)c1ccc2c(c1)OCCO2. The van der Waals surface area contributed by atoms with Gasteiger partial charge in [-0.1, -0.05) is 12.1 Å². The molecule has 0 atom stereocenters. The predicted octanol–water partition coefficient (Wildman–Crippen LogP) is 3.71. The van der Waals surface area contributed by atoms with Crippen LogP contribution in [-0.4, -0.2) is 44.9 Å². The maximum Gasteiger partial charge on any atom is 0.262 e. The molecule has 2 aromatic carbocycles. The van der Waals surface area contributed by atoms with Crippen molar-refractivity contribution in [2.75, 3.05) is 35.9 Å². The number of aromatic nitrogens is 2. The fourth-order valence-electron chi connectivity index (χ4n) is 3.92. The van der Waals surface area contributed by atoms with Crippen LogP contribution in [0.5, 0.6) is 11.5 Å². The van der Waals surface area contributed by atoms with Gasteiger partial charge < -0.3 is 14.4 Å². The van der Waals surface area contributed by atoms with E-state index >= 15 is 0 Å². The molecule has 0 radical (unpaired) electrons. The lowest BCUT2D eigenvalue weighted by molar-refractivity contribution is 0.171. The van der Waals surface area contributed by atoms with Gasteiger partial charge in [-0.05, 0) is 55.7 Å². The standard InChI is InChI=1S/C23H24N4O4S/c28-32(29,19-7-9-21-22(16-19)31-14-13-30-21)26-18-6-4-5-17(15-18)20-8-10-23(25-24-20)27-11-2-1-3-12-27/h4-10,15-16,26H,1-3,11-14H2. The first-order valence-corrected chi connectivity index (χ1v) is 12.2. The molecule has 2 aliphatic rings. The van der Waals surface area contributed by atoms with Gasteiger partial charge in [-0.2, -0.15) is 0 Å².